The number of halogens is 4. The number of nitrogens with one attached hydrogen (secondary N) is 2. The Morgan fingerprint density at radius 1 is 1.09 bits per heavy atom. The van der Waals surface area contributed by atoms with E-state index < -0.39 is 56.4 Å². The normalized spacial score (nSPS) is 14.6. The molecule has 10 nitrogen and oxygen atoms in total. The number of anilines is 2. The molecule has 4 N–H and O–H groups in total. The largest absolute Gasteiger partial charge is 0.435 e. The van der Waals surface area contributed by atoms with Crippen molar-refractivity contribution >= 4 is 21.7 Å². The molecule has 0 bridgehead atoms. The van der Waals surface area contributed by atoms with E-state index in [2.05, 4.69) is 20.3 Å². The van der Waals surface area contributed by atoms with Crippen molar-refractivity contribution in [3.05, 3.63) is 89.0 Å². The minimum Gasteiger partial charge on any atom is -0.435 e. The van der Waals surface area contributed by atoms with Crippen LogP contribution in [-0.4, -0.2) is 42.6 Å². The minimum atomic E-state index is -4.36. The molecule has 1 saturated heterocycles. The summed E-state index contributed by atoms with van der Waals surface area (Å²) >= 11 is 0. The summed E-state index contributed by atoms with van der Waals surface area (Å²) in [5, 5.41) is 11.8. The quantitative estimate of drug-likeness (QED) is 0.186. The van der Waals surface area contributed by atoms with Crippen LogP contribution in [0.5, 0.6) is 11.6 Å². The van der Waals surface area contributed by atoms with Gasteiger partial charge in [-0.25, -0.2) is 36.5 Å². The molecule has 0 unspecified atom stereocenters. The third kappa shape index (κ3) is 7.97. The number of alkyl halides is 1. The molecule has 0 radical (unpaired) electrons. The lowest BCUT2D eigenvalue weighted by atomic mass is 10.1. The first-order valence-electron chi connectivity index (χ1n) is 13.2. The van der Waals surface area contributed by atoms with Crippen LogP contribution in [0.4, 0.5) is 29.2 Å². The Hall–Kier alpha value is -4.81. The zero-order valence-corrected chi connectivity index (χ0v) is 24.1. The number of ether oxygens (including phenoxy) is 1. The summed E-state index contributed by atoms with van der Waals surface area (Å²) in [4.78, 5) is 11.8. The molecule has 15 heteroatoms. The predicted molar refractivity (Wildman–Crippen MR) is 155 cm³/mol. The van der Waals surface area contributed by atoms with Crippen molar-refractivity contribution in [2.24, 2.45) is 0 Å². The van der Waals surface area contributed by atoms with E-state index >= 15 is 8.78 Å². The third-order valence-electron chi connectivity index (χ3n) is 6.35. The number of rotatable bonds is 7. The second-order valence-electron chi connectivity index (χ2n) is 9.64. The van der Waals surface area contributed by atoms with Gasteiger partial charge in [-0.2, -0.15) is 9.65 Å². The summed E-state index contributed by atoms with van der Waals surface area (Å²) in [6, 6.07) is 12.0. The van der Waals surface area contributed by atoms with Crippen LogP contribution in [-0.2, 0) is 15.8 Å². The fraction of sp³-hybridized carbons (Fsp3) is 0.241. The molecule has 1 aliphatic heterocycles. The summed E-state index contributed by atoms with van der Waals surface area (Å²) in [5.74, 6) is -6.58. The number of pyridine rings is 1. The van der Waals surface area contributed by atoms with E-state index in [-0.39, 0.29) is 28.6 Å². The lowest BCUT2D eigenvalue weighted by Gasteiger charge is -2.17. The first-order valence-corrected chi connectivity index (χ1v) is 14.9. The summed E-state index contributed by atoms with van der Waals surface area (Å²) in [6.07, 6.45) is 3.87. The van der Waals surface area contributed by atoms with Crippen LogP contribution in [0.15, 0.2) is 54.9 Å². The van der Waals surface area contributed by atoms with Gasteiger partial charge in [-0.1, -0.05) is 12.1 Å². The van der Waals surface area contributed by atoms with Crippen molar-refractivity contribution in [3.63, 3.8) is 0 Å². The number of hydrogen-bond acceptors (Lipinski definition) is 9. The highest BCUT2D eigenvalue weighted by Gasteiger charge is 2.28. The number of nitriles is 1. The SMILES string of the molecule is Cc1c(F)c(NS(=O)(=O)Cc2ccc(C#N)cc2)c(F)c(F)c1Oc1ncccc1-c1ccnc(N)n1.F[C@H]1CCCNC1. The average molecular weight is 630 g/mol. The highest BCUT2D eigenvalue weighted by molar-refractivity contribution is 7.91. The van der Waals surface area contributed by atoms with Gasteiger partial charge >= 0.3 is 0 Å². The van der Waals surface area contributed by atoms with Gasteiger partial charge in [0, 0.05) is 24.5 Å². The summed E-state index contributed by atoms with van der Waals surface area (Å²) in [6.45, 7) is 2.66. The van der Waals surface area contributed by atoms with Crippen LogP contribution in [0.3, 0.4) is 0 Å². The molecule has 44 heavy (non-hydrogen) atoms. The van der Waals surface area contributed by atoms with E-state index in [1.54, 1.807) is 4.72 Å². The Morgan fingerprint density at radius 3 is 2.45 bits per heavy atom. The van der Waals surface area contributed by atoms with Gasteiger partial charge in [0.1, 0.15) is 11.9 Å². The molecule has 4 aromatic rings. The zero-order chi connectivity index (χ0) is 31.9. The molecule has 230 valence electrons. The number of sulfonamides is 1. The van der Waals surface area contributed by atoms with Gasteiger partial charge in [-0.15, -0.1) is 0 Å². The lowest BCUT2D eigenvalue weighted by molar-refractivity contribution is 0.266. The number of aromatic nitrogens is 3. The van der Waals surface area contributed by atoms with Crippen molar-refractivity contribution in [1.29, 1.82) is 5.26 Å². The predicted octanol–water partition coefficient (Wildman–Crippen LogP) is 5.16. The smallest absolute Gasteiger partial charge is 0.237 e. The van der Waals surface area contributed by atoms with Crippen LogP contribution >= 0.6 is 0 Å². The molecule has 1 aliphatic rings. The van der Waals surface area contributed by atoms with Crippen molar-refractivity contribution in [2.75, 3.05) is 23.5 Å². The number of piperidine rings is 1. The maximum atomic E-state index is 15.1. The number of nitrogens with zero attached hydrogens (tertiary/aromatic N) is 4. The number of nitrogens with two attached hydrogens (primary N) is 1. The summed E-state index contributed by atoms with van der Waals surface area (Å²) in [7, 11) is -4.36. The molecule has 0 saturated carbocycles. The highest BCUT2D eigenvalue weighted by Crippen LogP contribution is 2.38. The van der Waals surface area contributed by atoms with Gasteiger partial charge in [0.2, 0.25) is 27.7 Å². The Kier molecular flexibility index (Phi) is 10.3. The van der Waals surface area contributed by atoms with Gasteiger partial charge in [-0.05, 0) is 62.2 Å². The number of hydrogen-bond donors (Lipinski definition) is 3. The first-order chi connectivity index (χ1) is 21.0. The minimum absolute atomic E-state index is 0.0515. The van der Waals surface area contributed by atoms with Crippen molar-refractivity contribution in [2.45, 2.75) is 31.7 Å². The van der Waals surface area contributed by atoms with Crippen molar-refractivity contribution in [3.8, 4) is 29.0 Å². The van der Waals surface area contributed by atoms with Gasteiger partial charge < -0.3 is 15.8 Å². The van der Waals surface area contributed by atoms with Crippen molar-refractivity contribution < 1.29 is 30.7 Å². The fourth-order valence-electron chi connectivity index (χ4n) is 4.15. The molecule has 0 spiro atoms. The zero-order valence-electron chi connectivity index (χ0n) is 23.3. The average Bonchev–Trinajstić information content (AvgIpc) is 3.01. The summed E-state index contributed by atoms with van der Waals surface area (Å²) < 4.78 is 89.6. The highest BCUT2D eigenvalue weighted by atomic mass is 32.2. The van der Waals surface area contributed by atoms with Gasteiger partial charge in [-0.3, -0.25) is 4.72 Å². The van der Waals surface area contributed by atoms with Gasteiger partial charge in [0.25, 0.3) is 0 Å². The molecule has 5 rings (SSSR count). The molecule has 3 heterocycles. The molecule has 1 fully saturated rings. The fourth-order valence-corrected chi connectivity index (χ4v) is 5.35. The molecular formula is C29H27F4N7O3S. The molecule has 0 amide bonds. The Balaban J connectivity index is 0.000000555. The molecule has 0 aliphatic carbocycles. The van der Waals surface area contributed by atoms with E-state index in [0.717, 1.165) is 26.3 Å². The van der Waals surface area contributed by atoms with E-state index in [0.29, 0.717) is 12.1 Å². The van der Waals surface area contributed by atoms with Gasteiger partial charge in [0.15, 0.2) is 17.4 Å². The number of benzene rings is 2. The van der Waals surface area contributed by atoms with Crippen molar-refractivity contribution in [1.82, 2.24) is 20.3 Å². The Bertz CT molecular complexity index is 1750. The standard InChI is InChI=1S/C24H17F3N6O3S.C5H10FN/c1-13-18(25)21(33-37(34,35)12-15-6-4-14(11-28)5-7-15)19(26)20(27)22(13)36-23-16(3-2-9-30-23)17-8-10-31-24(29)32-17;6-5-2-1-3-7-4-5/h2-10,33H,12H2,1H3,(H2,29,31,32);5,7H,1-4H2/t;5-/m.0/s1. The second kappa shape index (κ2) is 14.1. The third-order valence-corrected chi connectivity index (χ3v) is 7.58. The van der Waals surface area contributed by atoms with E-state index in [1.165, 1.54) is 54.9 Å². The first kappa shape index (κ1) is 32.1. The van der Waals surface area contributed by atoms with E-state index in [4.69, 9.17) is 15.7 Å². The number of nitrogen functional groups attached to an aromatic ring is 1. The maximum absolute atomic E-state index is 15.1. The molecule has 2 aromatic carbocycles. The van der Waals surface area contributed by atoms with E-state index in [1.807, 2.05) is 6.07 Å². The lowest BCUT2D eigenvalue weighted by Crippen LogP contribution is -2.30. The Morgan fingerprint density at radius 2 is 1.84 bits per heavy atom. The molecule has 1 atom stereocenters. The monoisotopic (exact) mass is 629 g/mol. The van der Waals surface area contributed by atoms with Crippen LogP contribution in [0.1, 0.15) is 29.5 Å². The van der Waals surface area contributed by atoms with Gasteiger partial charge in [0.05, 0.1) is 28.6 Å². The maximum Gasteiger partial charge on any atom is 0.237 e. The molecule has 2 aromatic heterocycles. The topological polar surface area (TPSA) is 156 Å². The van der Waals surface area contributed by atoms with Crippen LogP contribution in [0.25, 0.3) is 11.3 Å². The summed E-state index contributed by atoms with van der Waals surface area (Å²) in [5.41, 5.74) is 4.96. The molecular weight excluding hydrogens is 602 g/mol. The van der Waals surface area contributed by atoms with Crippen LogP contribution in [0.2, 0.25) is 0 Å². The Labute approximate surface area is 251 Å². The van der Waals surface area contributed by atoms with E-state index in [9.17, 15) is 17.2 Å². The van der Waals surface area contributed by atoms with Crippen LogP contribution in [0, 0.1) is 35.7 Å². The second-order valence-corrected chi connectivity index (χ2v) is 11.4. The van der Waals surface area contributed by atoms with Crippen LogP contribution < -0.4 is 20.5 Å².